The fourth-order valence-corrected chi connectivity index (χ4v) is 4.03. The topological polar surface area (TPSA) is 69.3 Å². The highest BCUT2D eigenvalue weighted by Gasteiger charge is 2.25. The Bertz CT molecular complexity index is 629. The van der Waals surface area contributed by atoms with Crippen LogP contribution in [0.1, 0.15) is 62.4 Å². The van der Waals surface area contributed by atoms with E-state index in [1.54, 1.807) is 6.07 Å². The number of aromatic amines is 1. The number of hydrogen-bond donors (Lipinski definition) is 1. The molecule has 0 spiro atoms. The molecule has 1 amide bonds. The van der Waals surface area contributed by atoms with Crippen molar-refractivity contribution in [1.29, 1.82) is 0 Å². The Morgan fingerprint density at radius 3 is 2.60 bits per heavy atom. The van der Waals surface area contributed by atoms with Crippen molar-refractivity contribution in [3.05, 3.63) is 27.9 Å². The van der Waals surface area contributed by atoms with Gasteiger partial charge in [-0.3, -0.25) is 9.59 Å². The average molecular weight is 346 g/mol. The highest BCUT2D eigenvalue weighted by atomic mass is 16.2. The van der Waals surface area contributed by atoms with Crippen LogP contribution in [0.15, 0.2) is 10.9 Å². The summed E-state index contributed by atoms with van der Waals surface area (Å²) in [5.41, 5.74) is 0.789. The first-order valence-electron chi connectivity index (χ1n) is 9.70. The van der Waals surface area contributed by atoms with Crippen LogP contribution in [0.25, 0.3) is 0 Å². The van der Waals surface area contributed by atoms with Crippen LogP contribution in [-0.2, 0) is 4.79 Å². The van der Waals surface area contributed by atoms with Crippen molar-refractivity contribution >= 4 is 5.91 Å². The standard InChI is InChI=1S/C19H30N4O2/c1-15-20-17(14-18(24)21-15)16-7-12-23(13-8-16)19(25)6-5-11-22-9-3-2-4-10-22/h14,16H,2-13H2,1H3,(H,20,21,24). The Hall–Kier alpha value is -1.69. The van der Waals surface area contributed by atoms with Gasteiger partial charge in [0.05, 0.1) is 5.69 Å². The maximum Gasteiger partial charge on any atom is 0.251 e. The van der Waals surface area contributed by atoms with Crippen LogP contribution in [0.3, 0.4) is 0 Å². The van der Waals surface area contributed by atoms with Crippen LogP contribution in [-0.4, -0.2) is 58.4 Å². The molecule has 0 atom stereocenters. The first kappa shape index (κ1) is 18.1. The molecule has 0 aliphatic carbocycles. The van der Waals surface area contributed by atoms with E-state index in [4.69, 9.17) is 0 Å². The van der Waals surface area contributed by atoms with Crippen LogP contribution in [0.2, 0.25) is 0 Å². The van der Waals surface area contributed by atoms with Gasteiger partial charge in [-0.2, -0.15) is 0 Å². The molecule has 2 saturated heterocycles. The average Bonchev–Trinajstić information content (AvgIpc) is 2.62. The lowest BCUT2D eigenvalue weighted by atomic mass is 9.93. The van der Waals surface area contributed by atoms with Crippen molar-refractivity contribution in [3.8, 4) is 0 Å². The Kier molecular flexibility index (Phi) is 6.24. The molecule has 0 bridgehead atoms. The summed E-state index contributed by atoms with van der Waals surface area (Å²) in [6, 6.07) is 1.60. The number of likely N-dealkylation sites (tertiary alicyclic amines) is 2. The Morgan fingerprint density at radius 1 is 1.20 bits per heavy atom. The van der Waals surface area contributed by atoms with Gasteiger partial charge in [-0.15, -0.1) is 0 Å². The zero-order chi connectivity index (χ0) is 17.6. The number of nitrogens with zero attached hydrogens (tertiary/aromatic N) is 3. The number of rotatable bonds is 5. The molecule has 1 N–H and O–H groups in total. The van der Waals surface area contributed by atoms with Gasteiger partial charge in [0.1, 0.15) is 5.82 Å². The highest BCUT2D eigenvalue weighted by Crippen LogP contribution is 2.26. The quantitative estimate of drug-likeness (QED) is 0.886. The molecule has 3 heterocycles. The molecule has 2 fully saturated rings. The van der Waals surface area contributed by atoms with E-state index in [-0.39, 0.29) is 11.5 Å². The molecule has 25 heavy (non-hydrogen) atoms. The molecule has 0 unspecified atom stereocenters. The van der Waals surface area contributed by atoms with E-state index < -0.39 is 0 Å². The third-order valence-electron chi connectivity index (χ3n) is 5.46. The molecule has 6 heteroatoms. The largest absolute Gasteiger partial charge is 0.343 e. The zero-order valence-corrected chi connectivity index (χ0v) is 15.3. The van der Waals surface area contributed by atoms with Gasteiger partial charge in [0.2, 0.25) is 5.91 Å². The fourth-order valence-electron chi connectivity index (χ4n) is 4.03. The van der Waals surface area contributed by atoms with Gasteiger partial charge >= 0.3 is 0 Å². The summed E-state index contributed by atoms with van der Waals surface area (Å²) in [5, 5.41) is 0. The summed E-state index contributed by atoms with van der Waals surface area (Å²) in [6.45, 7) is 6.82. The first-order chi connectivity index (χ1) is 12.1. The molecule has 2 aliphatic heterocycles. The summed E-state index contributed by atoms with van der Waals surface area (Å²) >= 11 is 0. The third kappa shape index (κ3) is 5.14. The van der Waals surface area contributed by atoms with E-state index in [2.05, 4.69) is 14.9 Å². The first-order valence-corrected chi connectivity index (χ1v) is 9.70. The number of aromatic nitrogens is 2. The van der Waals surface area contributed by atoms with Crippen molar-refractivity contribution in [2.75, 3.05) is 32.7 Å². The Balaban J connectivity index is 1.42. The minimum absolute atomic E-state index is 0.0845. The van der Waals surface area contributed by atoms with Crippen molar-refractivity contribution in [2.45, 2.75) is 57.8 Å². The van der Waals surface area contributed by atoms with E-state index in [1.807, 2.05) is 11.8 Å². The number of carbonyl (C=O) groups excluding carboxylic acids is 1. The molecular formula is C19H30N4O2. The van der Waals surface area contributed by atoms with E-state index in [9.17, 15) is 9.59 Å². The summed E-state index contributed by atoms with van der Waals surface area (Å²) < 4.78 is 0. The van der Waals surface area contributed by atoms with Crippen molar-refractivity contribution in [1.82, 2.24) is 19.8 Å². The predicted octanol–water partition coefficient (Wildman–Crippen LogP) is 2.05. The summed E-state index contributed by atoms with van der Waals surface area (Å²) in [7, 11) is 0. The van der Waals surface area contributed by atoms with Crippen LogP contribution < -0.4 is 5.56 Å². The van der Waals surface area contributed by atoms with E-state index in [0.717, 1.165) is 44.6 Å². The van der Waals surface area contributed by atoms with Crippen LogP contribution in [0.4, 0.5) is 0 Å². The predicted molar refractivity (Wildman–Crippen MR) is 97.7 cm³/mol. The second kappa shape index (κ2) is 8.61. The summed E-state index contributed by atoms with van der Waals surface area (Å²) in [4.78, 5) is 35.7. The normalized spacial score (nSPS) is 20.0. The van der Waals surface area contributed by atoms with E-state index in [1.165, 1.54) is 32.4 Å². The molecule has 0 aromatic carbocycles. The van der Waals surface area contributed by atoms with Crippen LogP contribution >= 0.6 is 0 Å². The number of piperidine rings is 2. The SMILES string of the molecule is Cc1nc(C2CCN(C(=O)CCCN3CCCCC3)CC2)cc(=O)[nH]1. The molecule has 0 saturated carbocycles. The van der Waals surface area contributed by atoms with Crippen molar-refractivity contribution < 1.29 is 4.79 Å². The van der Waals surface area contributed by atoms with Gasteiger partial charge in [0, 0.05) is 31.5 Å². The molecule has 138 valence electrons. The van der Waals surface area contributed by atoms with Gasteiger partial charge < -0.3 is 14.8 Å². The number of carbonyl (C=O) groups is 1. The maximum atomic E-state index is 12.4. The van der Waals surface area contributed by atoms with Crippen LogP contribution in [0, 0.1) is 6.92 Å². The number of H-pyrrole nitrogens is 1. The van der Waals surface area contributed by atoms with Crippen LogP contribution in [0.5, 0.6) is 0 Å². The lowest BCUT2D eigenvalue weighted by Gasteiger charge is -2.32. The second-order valence-electron chi connectivity index (χ2n) is 7.42. The number of amides is 1. The monoisotopic (exact) mass is 346 g/mol. The number of nitrogens with one attached hydrogen (secondary N) is 1. The molecular weight excluding hydrogens is 316 g/mol. The lowest BCUT2D eigenvalue weighted by Crippen LogP contribution is -2.38. The molecule has 3 rings (SSSR count). The molecule has 1 aromatic heterocycles. The zero-order valence-electron chi connectivity index (χ0n) is 15.3. The Morgan fingerprint density at radius 2 is 1.92 bits per heavy atom. The van der Waals surface area contributed by atoms with Gasteiger partial charge in [-0.05, 0) is 58.7 Å². The van der Waals surface area contributed by atoms with Gasteiger partial charge in [0.25, 0.3) is 5.56 Å². The number of aryl methyl sites for hydroxylation is 1. The van der Waals surface area contributed by atoms with E-state index >= 15 is 0 Å². The fraction of sp³-hybridized carbons (Fsp3) is 0.737. The molecule has 2 aliphatic rings. The van der Waals surface area contributed by atoms with Crippen molar-refractivity contribution in [3.63, 3.8) is 0 Å². The smallest absolute Gasteiger partial charge is 0.251 e. The second-order valence-corrected chi connectivity index (χ2v) is 7.42. The maximum absolute atomic E-state index is 12.4. The highest BCUT2D eigenvalue weighted by molar-refractivity contribution is 5.76. The van der Waals surface area contributed by atoms with Gasteiger partial charge in [-0.1, -0.05) is 6.42 Å². The van der Waals surface area contributed by atoms with Gasteiger partial charge in [0.15, 0.2) is 0 Å². The molecule has 1 aromatic rings. The minimum atomic E-state index is -0.0845. The number of hydrogen-bond acceptors (Lipinski definition) is 4. The summed E-state index contributed by atoms with van der Waals surface area (Å²) in [6.07, 6.45) is 7.37. The molecule has 6 nitrogen and oxygen atoms in total. The van der Waals surface area contributed by atoms with Gasteiger partial charge in [-0.25, -0.2) is 4.98 Å². The third-order valence-corrected chi connectivity index (χ3v) is 5.46. The Labute approximate surface area is 149 Å². The lowest BCUT2D eigenvalue weighted by molar-refractivity contribution is -0.132. The molecule has 0 radical (unpaired) electrons. The van der Waals surface area contributed by atoms with E-state index in [0.29, 0.717) is 18.2 Å². The summed E-state index contributed by atoms with van der Waals surface area (Å²) in [5.74, 6) is 1.24. The minimum Gasteiger partial charge on any atom is -0.343 e. The van der Waals surface area contributed by atoms with Crippen molar-refractivity contribution in [2.24, 2.45) is 0 Å².